The van der Waals surface area contributed by atoms with Crippen molar-refractivity contribution in [3.8, 4) is 11.3 Å². The number of aromatic nitrogens is 3. The fourth-order valence-corrected chi connectivity index (χ4v) is 1.58. The summed E-state index contributed by atoms with van der Waals surface area (Å²) in [7, 11) is 1.66. The number of H-pyrrole nitrogens is 1. The van der Waals surface area contributed by atoms with Gasteiger partial charge < -0.3 is 15.5 Å². The topological polar surface area (TPSA) is 76.8 Å². The van der Waals surface area contributed by atoms with Gasteiger partial charge >= 0.3 is 0 Å². The molecule has 2 heterocycles. The molecular weight excluding hydrogens is 216 g/mol. The fourth-order valence-electron chi connectivity index (χ4n) is 1.58. The van der Waals surface area contributed by atoms with Gasteiger partial charge in [-0.25, -0.2) is 4.98 Å². The Kier molecular flexibility index (Phi) is 3.85. The molecule has 0 aliphatic heterocycles. The van der Waals surface area contributed by atoms with E-state index in [0.717, 1.165) is 23.5 Å². The van der Waals surface area contributed by atoms with Crippen molar-refractivity contribution in [3.63, 3.8) is 0 Å². The largest absolute Gasteiger partial charge is 0.385 e. The molecule has 0 aliphatic rings. The standard InChI is InChI=1S/C12H16N4O/c1-17-7-4-10(13)12-15-8-11(16-12)9-2-5-14-6-3-9/h2-3,5-6,8,10H,4,7,13H2,1H3,(H,15,16). The second kappa shape index (κ2) is 5.56. The Bertz CT molecular complexity index is 455. The Balaban J connectivity index is 2.11. The Labute approximate surface area is 100 Å². The Hall–Kier alpha value is -1.72. The van der Waals surface area contributed by atoms with E-state index in [4.69, 9.17) is 10.5 Å². The summed E-state index contributed by atoms with van der Waals surface area (Å²) in [5, 5.41) is 0. The van der Waals surface area contributed by atoms with E-state index in [2.05, 4.69) is 15.0 Å². The molecule has 0 saturated carbocycles. The minimum absolute atomic E-state index is 0.120. The zero-order chi connectivity index (χ0) is 12.1. The number of nitrogens with two attached hydrogens (primary N) is 1. The molecule has 2 rings (SSSR count). The predicted molar refractivity (Wildman–Crippen MR) is 65.2 cm³/mol. The third kappa shape index (κ3) is 2.89. The average molecular weight is 232 g/mol. The van der Waals surface area contributed by atoms with Gasteiger partial charge in [-0.3, -0.25) is 4.98 Å². The molecule has 0 bridgehead atoms. The minimum atomic E-state index is -0.120. The van der Waals surface area contributed by atoms with Gasteiger partial charge in [0.15, 0.2) is 0 Å². The minimum Gasteiger partial charge on any atom is -0.385 e. The number of pyridine rings is 1. The maximum absolute atomic E-state index is 5.99. The molecular formula is C12H16N4O. The second-order valence-corrected chi connectivity index (χ2v) is 3.81. The lowest BCUT2D eigenvalue weighted by Crippen LogP contribution is -2.14. The maximum atomic E-state index is 5.99. The first-order valence-corrected chi connectivity index (χ1v) is 5.51. The molecule has 17 heavy (non-hydrogen) atoms. The molecule has 0 saturated heterocycles. The summed E-state index contributed by atoms with van der Waals surface area (Å²) >= 11 is 0. The molecule has 5 nitrogen and oxygen atoms in total. The van der Waals surface area contributed by atoms with Gasteiger partial charge in [-0.2, -0.15) is 0 Å². The molecule has 90 valence electrons. The number of methoxy groups -OCH3 is 1. The van der Waals surface area contributed by atoms with E-state index in [1.54, 1.807) is 25.7 Å². The molecule has 0 spiro atoms. The van der Waals surface area contributed by atoms with Crippen molar-refractivity contribution in [2.24, 2.45) is 5.73 Å². The summed E-state index contributed by atoms with van der Waals surface area (Å²) in [6.45, 7) is 0.631. The van der Waals surface area contributed by atoms with Gasteiger partial charge in [0, 0.05) is 31.7 Å². The third-order valence-corrected chi connectivity index (χ3v) is 2.57. The highest BCUT2D eigenvalue weighted by atomic mass is 16.5. The van der Waals surface area contributed by atoms with Crippen LogP contribution in [0, 0.1) is 0 Å². The van der Waals surface area contributed by atoms with Gasteiger partial charge in [-0.1, -0.05) is 0 Å². The summed E-state index contributed by atoms with van der Waals surface area (Å²) in [6, 6.07) is 3.74. The van der Waals surface area contributed by atoms with Crippen LogP contribution in [0.4, 0.5) is 0 Å². The third-order valence-electron chi connectivity index (χ3n) is 2.57. The van der Waals surface area contributed by atoms with E-state index in [0.29, 0.717) is 6.61 Å². The highest BCUT2D eigenvalue weighted by Gasteiger charge is 2.10. The van der Waals surface area contributed by atoms with Crippen molar-refractivity contribution in [3.05, 3.63) is 36.5 Å². The summed E-state index contributed by atoms with van der Waals surface area (Å²) in [5.74, 6) is 0.786. The summed E-state index contributed by atoms with van der Waals surface area (Å²) in [4.78, 5) is 11.5. The Morgan fingerprint density at radius 3 is 2.88 bits per heavy atom. The van der Waals surface area contributed by atoms with Crippen LogP contribution in [-0.2, 0) is 4.74 Å². The molecule has 5 heteroatoms. The number of nitrogens with one attached hydrogen (secondary N) is 1. The van der Waals surface area contributed by atoms with E-state index >= 15 is 0 Å². The number of ether oxygens (including phenoxy) is 1. The van der Waals surface area contributed by atoms with Crippen LogP contribution in [0.5, 0.6) is 0 Å². The molecule has 0 amide bonds. The zero-order valence-corrected chi connectivity index (χ0v) is 9.76. The molecule has 2 aromatic rings. The number of aromatic amines is 1. The SMILES string of the molecule is COCCC(N)c1ncc(-c2ccncc2)[nH]1. The smallest absolute Gasteiger partial charge is 0.123 e. The van der Waals surface area contributed by atoms with Crippen molar-refractivity contribution in [2.45, 2.75) is 12.5 Å². The van der Waals surface area contributed by atoms with E-state index in [1.165, 1.54) is 0 Å². The van der Waals surface area contributed by atoms with E-state index < -0.39 is 0 Å². The lowest BCUT2D eigenvalue weighted by atomic mass is 10.2. The Morgan fingerprint density at radius 2 is 2.18 bits per heavy atom. The molecule has 1 unspecified atom stereocenters. The highest BCUT2D eigenvalue weighted by Crippen LogP contribution is 2.18. The van der Waals surface area contributed by atoms with E-state index in [1.807, 2.05) is 12.1 Å². The van der Waals surface area contributed by atoms with Crippen LogP contribution in [-0.4, -0.2) is 28.7 Å². The maximum Gasteiger partial charge on any atom is 0.123 e. The lowest BCUT2D eigenvalue weighted by Gasteiger charge is -2.07. The van der Waals surface area contributed by atoms with Crippen molar-refractivity contribution in [1.82, 2.24) is 15.0 Å². The van der Waals surface area contributed by atoms with Crippen LogP contribution in [0.1, 0.15) is 18.3 Å². The van der Waals surface area contributed by atoms with Crippen LogP contribution in [0.15, 0.2) is 30.7 Å². The number of rotatable bonds is 5. The number of nitrogens with zero attached hydrogens (tertiary/aromatic N) is 2. The van der Waals surface area contributed by atoms with Crippen LogP contribution in [0.25, 0.3) is 11.3 Å². The number of imidazole rings is 1. The first kappa shape index (κ1) is 11.8. The first-order valence-electron chi connectivity index (χ1n) is 5.51. The molecule has 3 N–H and O–H groups in total. The van der Waals surface area contributed by atoms with Gasteiger partial charge in [0.25, 0.3) is 0 Å². The predicted octanol–water partition coefficient (Wildman–Crippen LogP) is 1.51. The van der Waals surface area contributed by atoms with Gasteiger partial charge in [0.2, 0.25) is 0 Å². The Morgan fingerprint density at radius 1 is 1.41 bits per heavy atom. The van der Waals surface area contributed by atoms with Gasteiger partial charge in [-0.15, -0.1) is 0 Å². The van der Waals surface area contributed by atoms with E-state index in [-0.39, 0.29) is 6.04 Å². The van der Waals surface area contributed by atoms with Crippen molar-refractivity contribution in [1.29, 1.82) is 0 Å². The quantitative estimate of drug-likeness (QED) is 0.819. The second-order valence-electron chi connectivity index (χ2n) is 3.81. The van der Waals surface area contributed by atoms with Gasteiger partial charge in [-0.05, 0) is 18.6 Å². The van der Waals surface area contributed by atoms with E-state index in [9.17, 15) is 0 Å². The lowest BCUT2D eigenvalue weighted by molar-refractivity contribution is 0.187. The summed E-state index contributed by atoms with van der Waals surface area (Å²) < 4.78 is 5.00. The van der Waals surface area contributed by atoms with Crippen molar-refractivity contribution < 1.29 is 4.74 Å². The van der Waals surface area contributed by atoms with Crippen molar-refractivity contribution in [2.75, 3.05) is 13.7 Å². The monoisotopic (exact) mass is 232 g/mol. The summed E-state index contributed by atoms with van der Waals surface area (Å²) in [6.07, 6.45) is 6.04. The van der Waals surface area contributed by atoms with Crippen LogP contribution in [0.3, 0.4) is 0 Å². The fraction of sp³-hybridized carbons (Fsp3) is 0.333. The molecule has 2 aromatic heterocycles. The molecule has 0 aliphatic carbocycles. The number of hydrogen-bond acceptors (Lipinski definition) is 4. The average Bonchev–Trinajstić information content (AvgIpc) is 2.86. The van der Waals surface area contributed by atoms with Crippen LogP contribution in [0.2, 0.25) is 0 Å². The van der Waals surface area contributed by atoms with Crippen LogP contribution >= 0.6 is 0 Å². The molecule has 0 aromatic carbocycles. The number of hydrogen-bond donors (Lipinski definition) is 2. The zero-order valence-electron chi connectivity index (χ0n) is 9.76. The van der Waals surface area contributed by atoms with Crippen molar-refractivity contribution >= 4 is 0 Å². The molecule has 1 atom stereocenters. The van der Waals surface area contributed by atoms with Gasteiger partial charge in [0.1, 0.15) is 5.82 Å². The normalized spacial score (nSPS) is 12.6. The van der Waals surface area contributed by atoms with Crippen LogP contribution < -0.4 is 5.73 Å². The van der Waals surface area contributed by atoms with Gasteiger partial charge in [0.05, 0.1) is 17.9 Å². The molecule has 0 fully saturated rings. The summed E-state index contributed by atoms with van der Waals surface area (Å²) in [5.41, 5.74) is 7.99. The molecule has 0 radical (unpaired) electrons. The first-order chi connectivity index (χ1) is 8.31. The highest BCUT2D eigenvalue weighted by molar-refractivity contribution is 5.57.